The molecule has 11 heteroatoms. The molecule has 1 amide bonds. The minimum absolute atomic E-state index is 0.239. The van der Waals surface area contributed by atoms with Crippen LogP contribution in [-0.4, -0.2) is 110 Å². The fraction of sp³-hybridized carbons (Fsp3) is 0.842. The lowest BCUT2D eigenvalue weighted by Crippen LogP contribution is -2.60. The van der Waals surface area contributed by atoms with Crippen LogP contribution in [0.25, 0.3) is 0 Å². The van der Waals surface area contributed by atoms with Crippen molar-refractivity contribution in [3.63, 3.8) is 0 Å². The lowest BCUT2D eigenvalue weighted by Gasteiger charge is -2.40. The van der Waals surface area contributed by atoms with Crippen LogP contribution in [0.5, 0.6) is 0 Å². The van der Waals surface area contributed by atoms with Gasteiger partial charge in [0.25, 0.3) is 0 Å². The third-order valence-electron chi connectivity index (χ3n) is 13.3. The van der Waals surface area contributed by atoms with Crippen LogP contribution in [0, 0.1) is 0 Å². The van der Waals surface area contributed by atoms with E-state index < -0.39 is 74.2 Å². The van der Waals surface area contributed by atoms with Gasteiger partial charge in [-0.2, -0.15) is 0 Å². The molecule has 0 aliphatic carbocycles. The van der Waals surface area contributed by atoms with Crippen molar-refractivity contribution >= 4 is 5.91 Å². The lowest BCUT2D eigenvalue weighted by molar-refractivity contribution is -0.303. The summed E-state index contributed by atoms with van der Waals surface area (Å²) in [6, 6.07) is -1.19. The summed E-state index contributed by atoms with van der Waals surface area (Å²) >= 11 is 0. The van der Waals surface area contributed by atoms with Crippen molar-refractivity contribution in [3.05, 3.63) is 48.6 Å². The van der Waals surface area contributed by atoms with Crippen molar-refractivity contribution in [2.45, 2.75) is 294 Å². The van der Waals surface area contributed by atoms with Crippen LogP contribution in [0.3, 0.4) is 0 Å². The molecule has 0 radical (unpaired) electrons. The molecular weight excluding hydrogens is 859 g/mol. The number of rotatable bonds is 47. The van der Waals surface area contributed by atoms with Gasteiger partial charge in [-0.3, -0.25) is 4.79 Å². The van der Waals surface area contributed by atoms with Gasteiger partial charge in [0.2, 0.25) is 5.91 Å². The molecule has 0 aromatic rings. The van der Waals surface area contributed by atoms with Crippen molar-refractivity contribution in [2.75, 3.05) is 13.2 Å². The van der Waals surface area contributed by atoms with Gasteiger partial charge in [-0.25, -0.2) is 0 Å². The van der Waals surface area contributed by atoms with E-state index in [1.807, 2.05) is 0 Å². The predicted octanol–water partition coefficient (Wildman–Crippen LogP) is 11.3. The zero-order valence-corrected chi connectivity index (χ0v) is 43.3. The molecule has 0 aromatic heterocycles. The van der Waals surface area contributed by atoms with Crippen LogP contribution in [0.15, 0.2) is 48.6 Å². The highest BCUT2D eigenvalue weighted by molar-refractivity contribution is 5.80. The molecule has 8 N–H and O–H groups in total. The number of allylic oxidation sites excluding steroid dienone is 8. The summed E-state index contributed by atoms with van der Waals surface area (Å²) in [5, 5.41) is 75.9. The molecule has 68 heavy (non-hydrogen) atoms. The highest BCUT2D eigenvalue weighted by Crippen LogP contribution is 2.23. The molecule has 0 spiro atoms. The summed E-state index contributed by atoms with van der Waals surface area (Å²) in [6.07, 6.45) is 46.1. The van der Waals surface area contributed by atoms with Gasteiger partial charge in [-0.1, -0.05) is 204 Å². The predicted molar refractivity (Wildman–Crippen MR) is 279 cm³/mol. The maximum atomic E-state index is 13.1. The van der Waals surface area contributed by atoms with Crippen LogP contribution < -0.4 is 5.32 Å². The third kappa shape index (κ3) is 34.4. The second kappa shape index (κ2) is 46.2. The summed E-state index contributed by atoms with van der Waals surface area (Å²) in [5.41, 5.74) is 0. The standard InChI is InChI=1S/C57H105NO10/c1-3-5-7-9-11-13-15-17-18-19-20-21-22-23-24-25-26-27-28-29-30-31-33-35-37-39-41-43-45-50(61)56(66)58-48(47-67-57-55(65)54(64)53(63)51(46-59)68-57)52(62)49(60)44-42-40-38-36-34-32-16-14-12-10-8-6-4-2/h6,8,14,16,23-24,36,38,48-55,57,59-65H,3-5,7,9-13,15,17-22,25-35,37,39-47H2,1-2H3,(H,58,66)/b8-6+,16-14+,24-23-,38-36+. The van der Waals surface area contributed by atoms with E-state index in [-0.39, 0.29) is 12.8 Å². The normalized spacial score (nSPS) is 20.9. The molecule has 1 rings (SSSR count). The molecule has 9 unspecified atom stereocenters. The number of carbonyl (C=O) groups is 1. The average molecular weight is 964 g/mol. The highest BCUT2D eigenvalue weighted by Gasteiger charge is 2.44. The molecule has 9 atom stereocenters. The van der Waals surface area contributed by atoms with E-state index in [1.165, 1.54) is 141 Å². The minimum atomic E-state index is -1.67. The van der Waals surface area contributed by atoms with Crippen LogP contribution in [0.1, 0.15) is 239 Å². The van der Waals surface area contributed by atoms with E-state index in [0.717, 1.165) is 51.4 Å². The van der Waals surface area contributed by atoms with Crippen molar-refractivity contribution in [1.29, 1.82) is 0 Å². The lowest BCUT2D eigenvalue weighted by atomic mass is 9.98. The van der Waals surface area contributed by atoms with E-state index in [1.54, 1.807) is 0 Å². The Morgan fingerprint density at radius 1 is 0.515 bits per heavy atom. The van der Waals surface area contributed by atoms with Gasteiger partial charge in [0.15, 0.2) is 6.29 Å². The van der Waals surface area contributed by atoms with Gasteiger partial charge in [-0.15, -0.1) is 0 Å². The second-order valence-corrected chi connectivity index (χ2v) is 19.6. The number of unbranched alkanes of at least 4 members (excludes halogenated alkanes) is 27. The van der Waals surface area contributed by atoms with Crippen molar-refractivity contribution in [1.82, 2.24) is 5.32 Å². The first-order chi connectivity index (χ1) is 33.2. The molecule has 0 saturated carbocycles. The summed E-state index contributed by atoms with van der Waals surface area (Å²) in [6.45, 7) is 3.32. The molecular formula is C57H105NO10. The zero-order chi connectivity index (χ0) is 49.7. The summed E-state index contributed by atoms with van der Waals surface area (Å²) < 4.78 is 11.1. The van der Waals surface area contributed by atoms with Crippen LogP contribution in [0.2, 0.25) is 0 Å². The maximum absolute atomic E-state index is 13.1. The number of hydrogen-bond acceptors (Lipinski definition) is 10. The average Bonchev–Trinajstić information content (AvgIpc) is 3.34. The zero-order valence-electron chi connectivity index (χ0n) is 43.3. The highest BCUT2D eigenvalue weighted by atomic mass is 16.7. The Morgan fingerprint density at radius 3 is 1.38 bits per heavy atom. The summed E-state index contributed by atoms with van der Waals surface area (Å²) in [5.74, 6) is -0.713. The fourth-order valence-corrected chi connectivity index (χ4v) is 8.77. The molecule has 1 fully saturated rings. The molecule has 1 aliphatic heterocycles. The van der Waals surface area contributed by atoms with Gasteiger partial charge in [0, 0.05) is 0 Å². The number of ether oxygens (including phenoxy) is 2. The smallest absolute Gasteiger partial charge is 0.249 e. The number of amides is 1. The Bertz CT molecular complexity index is 1240. The van der Waals surface area contributed by atoms with E-state index in [4.69, 9.17) is 9.47 Å². The van der Waals surface area contributed by atoms with Gasteiger partial charge >= 0.3 is 0 Å². The van der Waals surface area contributed by atoms with E-state index in [0.29, 0.717) is 19.3 Å². The first-order valence-corrected chi connectivity index (χ1v) is 28.0. The SMILES string of the molecule is CC/C=C/CC/C=C/CC/C=C/CCCC(O)C(O)C(COC1OC(CO)C(O)C(O)C1O)NC(=O)C(O)CCCCCCCCCCCCCC/C=C\CCCCCCCCCCCCCC. The fourth-order valence-electron chi connectivity index (χ4n) is 8.77. The number of carbonyl (C=O) groups excluding carboxylic acids is 1. The summed E-state index contributed by atoms with van der Waals surface area (Å²) in [4.78, 5) is 13.1. The monoisotopic (exact) mass is 964 g/mol. The number of nitrogens with one attached hydrogen (secondary N) is 1. The van der Waals surface area contributed by atoms with E-state index >= 15 is 0 Å². The Kier molecular flexibility index (Phi) is 43.5. The van der Waals surface area contributed by atoms with E-state index in [2.05, 4.69) is 67.8 Å². The van der Waals surface area contributed by atoms with Gasteiger partial charge in [0.05, 0.1) is 25.4 Å². The number of aliphatic hydroxyl groups excluding tert-OH is 7. The van der Waals surface area contributed by atoms with Crippen LogP contribution >= 0.6 is 0 Å². The van der Waals surface area contributed by atoms with Crippen molar-refractivity contribution < 1.29 is 50.0 Å². The van der Waals surface area contributed by atoms with Crippen LogP contribution in [-0.2, 0) is 14.3 Å². The minimum Gasteiger partial charge on any atom is -0.394 e. The summed E-state index contributed by atoms with van der Waals surface area (Å²) in [7, 11) is 0. The molecule has 1 saturated heterocycles. The molecule has 0 aromatic carbocycles. The number of aliphatic hydroxyl groups is 7. The second-order valence-electron chi connectivity index (χ2n) is 19.6. The van der Waals surface area contributed by atoms with Gasteiger partial charge in [0.1, 0.15) is 36.6 Å². The Balaban J connectivity index is 2.27. The molecule has 398 valence electrons. The maximum Gasteiger partial charge on any atom is 0.249 e. The van der Waals surface area contributed by atoms with Crippen molar-refractivity contribution in [3.8, 4) is 0 Å². The van der Waals surface area contributed by atoms with E-state index in [9.17, 15) is 40.5 Å². The number of hydrogen-bond donors (Lipinski definition) is 8. The largest absolute Gasteiger partial charge is 0.394 e. The first-order valence-electron chi connectivity index (χ1n) is 28.0. The molecule has 1 aliphatic rings. The van der Waals surface area contributed by atoms with Crippen molar-refractivity contribution in [2.24, 2.45) is 0 Å². The molecule has 11 nitrogen and oxygen atoms in total. The molecule has 0 bridgehead atoms. The Hall–Kier alpha value is -1.93. The topological polar surface area (TPSA) is 189 Å². The van der Waals surface area contributed by atoms with Gasteiger partial charge in [-0.05, 0) is 83.5 Å². The third-order valence-corrected chi connectivity index (χ3v) is 13.3. The Morgan fingerprint density at radius 2 is 0.926 bits per heavy atom. The van der Waals surface area contributed by atoms with Crippen LogP contribution in [0.4, 0.5) is 0 Å². The quantitative estimate of drug-likeness (QED) is 0.0215. The van der Waals surface area contributed by atoms with Gasteiger partial charge < -0.3 is 50.5 Å². The molecule has 1 heterocycles. The Labute approximate surface area is 415 Å². The first kappa shape index (κ1) is 64.1.